The molecular formula is C11H26NOP+. The van der Waals surface area contributed by atoms with E-state index in [9.17, 15) is 4.57 Å². The number of rotatable bonds is 7. The van der Waals surface area contributed by atoms with Crippen LogP contribution in [0.5, 0.6) is 0 Å². The van der Waals surface area contributed by atoms with Crippen LogP contribution < -0.4 is 0 Å². The van der Waals surface area contributed by atoms with Gasteiger partial charge >= 0.3 is 0 Å². The Morgan fingerprint density at radius 3 is 2.36 bits per heavy atom. The van der Waals surface area contributed by atoms with E-state index in [-0.39, 0.29) is 5.66 Å². The first-order valence-corrected chi connectivity index (χ1v) is 7.22. The molecule has 3 heteroatoms. The van der Waals surface area contributed by atoms with Crippen molar-refractivity contribution in [3.63, 3.8) is 0 Å². The van der Waals surface area contributed by atoms with Crippen molar-refractivity contribution in [1.29, 1.82) is 0 Å². The number of hydrogen-bond donors (Lipinski definition) is 0. The van der Waals surface area contributed by atoms with Crippen LogP contribution in [0, 0.1) is 6.92 Å². The molecule has 0 bridgehead atoms. The number of unbranched alkanes of at least 4 members (excludes halogenated alkanes) is 1. The zero-order valence-corrected chi connectivity index (χ0v) is 11.2. The van der Waals surface area contributed by atoms with Crippen molar-refractivity contribution in [2.45, 2.75) is 31.8 Å². The van der Waals surface area contributed by atoms with Crippen LogP contribution in [0.2, 0.25) is 0 Å². The molecule has 1 radical (unpaired) electrons. The fourth-order valence-corrected chi connectivity index (χ4v) is 3.09. The summed E-state index contributed by atoms with van der Waals surface area (Å²) in [6.07, 6.45) is 4.23. The van der Waals surface area contributed by atoms with Crippen LogP contribution in [0.3, 0.4) is 0 Å². The molecular weight excluding hydrogens is 193 g/mol. The SMILES string of the molecule is [CH2]C(CCCC)[PH](=O)CC[N+](C)(C)C. The van der Waals surface area contributed by atoms with E-state index in [1.165, 1.54) is 6.42 Å². The topological polar surface area (TPSA) is 17.1 Å². The maximum Gasteiger partial charge on any atom is 0.0847 e. The third-order valence-electron chi connectivity index (χ3n) is 2.39. The van der Waals surface area contributed by atoms with Crippen molar-refractivity contribution in [3.8, 4) is 0 Å². The Labute approximate surface area is 90.1 Å². The molecule has 85 valence electrons. The van der Waals surface area contributed by atoms with Crippen molar-refractivity contribution >= 4 is 7.80 Å². The van der Waals surface area contributed by atoms with E-state index >= 15 is 0 Å². The van der Waals surface area contributed by atoms with Gasteiger partial charge in [-0.05, 0) is 13.3 Å². The van der Waals surface area contributed by atoms with Gasteiger partial charge in [0.2, 0.25) is 0 Å². The standard InChI is InChI=1S/C11H26NOP/c1-6-7-8-11(2)14(13)10-9-12(3,4)5/h11,14H,2,6-10H2,1,3-5H3/q+1. The summed E-state index contributed by atoms with van der Waals surface area (Å²) in [6, 6.07) is 0. The molecule has 0 aliphatic carbocycles. The van der Waals surface area contributed by atoms with E-state index in [1.54, 1.807) is 0 Å². The summed E-state index contributed by atoms with van der Waals surface area (Å²) in [4.78, 5) is 0. The third kappa shape index (κ3) is 7.58. The summed E-state index contributed by atoms with van der Waals surface area (Å²) in [7, 11) is 4.97. The fourth-order valence-electron chi connectivity index (χ4n) is 1.26. The average molecular weight is 219 g/mol. The molecule has 0 heterocycles. The van der Waals surface area contributed by atoms with Gasteiger partial charge in [0.1, 0.15) is 0 Å². The lowest BCUT2D eigenvalue weighted by Crippen LogP contribution is -2.36. The molecule has 0 spiro atoms. The maximum atomic E-state index is 11.8. The van der Waals surface area contributed by atoms with Crippen LogP contribution in [0.15, 0.2) is 0 Å². The molecule has 0 aliphatic heterocycles. The molecule has 14 heavy (non-hydrogen) atoms. The van der Waals surface area contributed by atoms with Crippen LogP contribution in [-0.4, -0.2) is 44.0 Å². The molecule has 0 aromatic heterocycles. The Hall–Kier alpha value is 0.190. The van der Waals surface area contributed by atoms with Gasteiger partial charge in [0, 0.05) is 11.8 Å². The van der Waals surface area contributed by atoms with E-state index in [0.717, 1.165) is 30.0 Å². The largest absolute Gasteiger partial charge is 0.331 e. The Balaban J connectivity index is 3.73. The molecule has 0 N–H and O–H groups in total. The second-order valence-corrected chi connectivity index (χ2v) is 7.32. The zero-order valence-electron chi connectivity index (χ0n) is 10.2. The van der Waals surface area contributed by atoms with E-state index in [4.69, 9.17) is 0 Å². The minimum Gasteiger partial charge on any atom is -0.331 e. The lowest BCUT2D eigenvalue weighted by atomic mass is 10.2. The van der Waals surface area contributed by atoms with Crippen molar-refractivity contribution in [1.82, 2.24) is 0 Å². The summed E-state index contributed by atoms with van der Waals surface area (Å²) < 4.78 is 12.7. The Morgan fingerprint density at radius 2 is 1.93 bits per heavy atom. The molecule has 0 saturated heterocycles. The van der Waals surface area contributed by atoms with Crippen molar-refractivity contribution in [2.75, 3.05) is 33.8 Å². The maximum absolute atomic E-state index is 11.8. The van der Waals surface area contributed by atoms with Gasteiger partial charge in [-0.3, -0.25) is 0 Å². The van der Waals surface area contributed by atoms with E-state index in [2.05, 4.69) is 35.0 Å². The highest BCUT2D eigenvalue weighted by Gasteiger charge is 2.14. The lowest BCUT2D eigenvalue weighted by Gasteiger charge is -2.24. The molecule has 0 aromatic carbocycles. The molecule has 0 aromatic rings. The van der Waals surface area contributed by atoms with Crippen LogP contribution in [0.25, 0.3) is 0 Å². The zero-order chi connectivity index (χ0) is 11.2. The Morgan fingerprint density at radius 1 is 1.36 bits per heavy atom. The molecule has 2 atom stereocenters. The number of hydrogen-bond acceptors (Lipinski definition) is 1. The minimum absolute atomic E-state index is 0.200. The van der Waals surface area contributed by atoms with Gasteiger partial charge in [0.05, 0.1) is 35.5 Å². The van der Waals surface area contributed by atoms with Gasteiger partial charge in [-0.2, -0.15) is 0 Å². The van der Waals surface area contributed by atoms with Crippen molar-refractivity contribution in [3.05, 3.63) is 6.92 Å². The van der Waals surface area contributed by atoms with Crippen LogP contribution in [0.1, 0.15) is 26.2 Å². The summed E-state index contributed by atoms with van der Waals surface area (Å²) in [6.45, 7) is 7.16. The Bertz CT molecular complexity index is 175. The lowest BCUT2D eigenvalue weighted by molar-refractivity contribution is -0.867. The summed E-state index contributed by atoms with van der Waals surface area (Å²) in [5.74, 6) is 0. The average Bonchev–Trinajstić information content (AvgIpc) is 2.09. The van der Waals surface area contributed by atoms with Crippen LogP contribution in [-0.2, 0) is 4.57 Å². The molecule has 2 nitrogen and oxygen atoms in total. The van der Waals surface area contributed by atoms with Crippen molar-refractivity contribution in [2.24, 2.45) is 0 Å². The quantitative estimate of drug-likeness (QED) is 0.475. The number of quaternary nitrogens is 1. The first-order valence-electron chi connectivity index (χ1n) is 5.53. The predicted octanol–water partition coefficient (Wildman–Crippen LogP) is 2.65. The third-order valence-corrected chi connectivity index (χ3v) is 4.31. The van der Waals surface area contributed by atoms with E-state index < -0.39 is 7.80 Å². The van der Waals surface area contributed by atoms with Gasteiger partial charge in [-0.1, -0.05) is 19.8 Å². The monoisotopic (exact) mass is 219 g/mol. The minimum atomic E-state index is -1.45. The van der Waals surface area contributed by atoms with Gasteiger partial charge in [0.25, 0.3) is 0 Å². The smallest absolute Gasteiger partial charge is 0.0847 e. The first kappa shape index (κ1) is 14.2. The van der Waals surface area contributed by atoms with Gasteiger partial charge in [-0.25, -0.2) is 0 Å². The highest BCUT2D eigenvalue weighted by atomic mass is 31.1. The van der Waals surface area contributed by atoms with E-state index in [0.29, 0.717) is 0 Å². The molecule has 0 rings (SSSR count). The Kier molecular flexibility index (Phi) is 6.72. The summed E-state index contributed by atoms with van der Waals surface area (Å²) in [5.41, 5.74) is 0.200. The van der Waals surface area contributed by atoms with E-state index in [1.807, 2.05) is 0 Å². The molecule has 0 fully saturated rings. The van der Waals surface area contributed by atoms with Gasteiger partial charge < -0.3 is 9.05 Å². The molecule has 0 aliphatic rings. The van der Waals surface area contributed by atoms with Gasteiger partial charge in [-0.15, -0.1) is 0 Å². The highest BCUT2D eigenvalue weighted by Crippen LogP contribution is 2.30. The summed E-state index contributed by atoms with van der Waals surface area (Å²) in [5, 5.41) is 0. The fraction of sp³-hybridized carbons (Fsp3) is 0.909. The molecule has 0 saturated carbocycles. The normalized spacial score (nSPS) is 16.6. The predicted molar refractivity (Wildman–Crippen MR) is 65.4 cm³/mol. The second-order valence-electron chi connectivity index (χ2n) is 5.07. The second kappa shape index (κ2) is 6.63. The first-order chi connectivity index (χ1) is 6.37. The highest BCUT2D eigenvalue weighted by molar-refractivity contribution is 7.45. The number of nitrogens with zero attached hydrogens (tertiary/aromatic N) is 1. The van der Waals surface area contributed by atoms with Crippen LogP contribution >= 0.6 is 7.80 Å². The van der Waals surface area contributed by atoms with Crippen molar-refractivity contribution < 1.29 is 9.05 Å². The van der Waals surface area contributed by atoms with Gasteiger partial charge in [0.15, 0.2) is 0 Å². The molecule has 2 unspecified atom stereocenters. The molecule has 0 amide bonds. The summed E-state index contributed by atoms with van der Waals surface area (Å²) >= 11 is 0. The van der Waals surface area contributed by atoms with Crippen LogP contribution in [0.4, 0.5) is 0 Å².